The summed E-state index contributed by atoms with van der Waals surface area (Å²) >= 11 is 0. The lowest BCUT2D eigenvalue weighted by Crippen LogP contribution is -2.85. The number of fused-ring (bicyclic) bond motifs is 8. The van der Waals surface area contributed by atoms with E-state index >= 15 is 0 Å². The van der Waals surface area contributed by atoms with E-state index < -0.39 is 0 Å². The van der Waals surface area contributed by atoms with E-state index in [9.17, 15) is 0 Å². The van der Waals surface area contributed by atoms with Crippen molar-refractivity contribution in [3.63, 3.8) is 0 Å². The van der Waals surface area contributed by atoms with Gasteiger partial charge < -0.3 is 30.4 Å². The smallest absolute Gasteiger partial charge is 0.439 e. The molecular weight excluding hydrogens is 947 g/mol. The molecule has 13 heteroatoms. The predicted molar refractivity (Wildman–Crippen MR) is 315 cm³/mol. The predicted octanol–water partition coefficient (Wildman–Crippen LogP) is 9.48. The van der Waals surface area contributed by atoms with Gasteiger partial charge in [-0.3, -0.25) is 17.2 Å². The minimum atomic E-state index is -0.0289. The number of para-hydroxylation sites is 1. The third kappa shape index (κ3) is 21.2. The van der Waals surface area contributed by atoms with Gasteiger partial charge in [0.2, 0.25) is 0 Å². The second-order valence-electron chi connectivity index (χ2n) is 21.2. The van der Waals surface area contributed by atoms with Crippen LogP contribution < -0.4 is 63.3 Å². The molecule has 13 nitrogen and oxygen atoms in total. The largest absolute Gasteiger partial charge is 0.493 e. The lowest BCUT2D eigenvalue weighted by Gasteiger charge is -2.23. The van der Waals surface area contributed by atoms with Gasteiger partial charge in [-0.1, -0.05) is 174 Å². The summed E-state index contributed by atoms with van der Waals surface area (Å²) < 4.78 is 28.3. The van der Waals surface area contributed by atoms with Gasteiger partial charge in [-0.05, 0) is 73.2 Å². The second-order valence-corrected chi connectivity index (χ2v) is 21.2. The minimum absolute atomic E-state index is 0.0289. The number of rotatable bonds is 35. The molecule has 1 aliphatic carbocycles. The van der Waals surface area contributed by atoms with Gasteiger partial charge in [0.15, 0.2) is 5.96 Å². The van der Waals surface area contributed by atoms with Crippen molar-refractivity contribution in [1.82, 2.24) is 0 Å². The quantitative estimate of drug-likeness (QED) is 0.0109. The fraction of sp³-hybridized carbons (Fsp3) is 0.571. The Morgan fingerprint density at radius 1 is 0.408 bits per heavy atom. The average molecular weight is 1050 g/mol. The number of aliphatic imine (C=N–C) groups is 1. The number of ether oxygens (including phenoxy) is 4. The first-order valence-corrected chi connectivity index (χ1v) is 29.6. The molecule has 15 N–H and O–H groups in total. The van der Waals surface area contributed by atoms with Crippen molar-refractivity contribution in [2.45, 2.75) is 207 Å². The number of nitrogens with two attached hydrogens (primary N) is 5. The molecule has 0 aliphatic heterocycles. The molecule has 0 heterocycles. The standard InChI is InChI=1S/C63H97N9O4/c1-5-9-13-17-21-25-32-73-57-46-30-29-31-47(57)37-49-41-55(71-62(66)67)43-51(59(49)75-34-27-23-19-15-11-7-3)39-53-45-56(72-63(68)69)44-52(60(53)76-35-28-24-20-16-12-8-4)38-50-42-54(70-61(64)65)40-48(36-46)58(50)74-33-26-22-18-14-10-6-2/h29-31,40-45H,5-28,32-39H2,1-4H3,(H4,64,65,70)(H4,66,67,71)(H4,68,69,72)/p+3. The monoisotopic (exact) mass is 1050 g/mol. The van der Waals surface area contributed by atoms with E-state index in [1.54, 1.807) is 0 Å². The lowest BCUT2D eigenvalue weighted by atomic mass is 9.90. The summed E-state index contributed by atoms with van der Waals surface area (Å²) in [6, 6.07) is 19.2. The maximum absolute atomic E-state index is 7.09. The summed E-state index contributed by atoms with van der Waals surface area (Å²) in [4.78, 5) is 11.3. The van der Waals surface area contributed by atoms with Crippen LogP contribution in [-0.4, -0.2) is 44.3 Å². The summed E-state index contributed by atoms with van der Waals surface area (Å²) in [5, 5.41) is 0. The van der Waals surface area contributed by atoms with Crippen molar-refractivity contribution in [1.29, 1.82) is 0 Å². The SMILES string of the molecule is CCCCCCCCOc1c2cccc1Cc1cc([NH+]=C(N)[NH3+])cc(c1OCCCCCCCC)Cc1cc(N=C(N)N)cc(c1OCCCCCCCC)Cc1cc([NH+]=C(N)N)cc(c1OCCCCCCCC)C2. The molecule has 418 valence electrons. The highest BCUT2D eigenvalue weighted by Gasteiger charge is 2.25. The summed E-state index contributed by atoms with van der Waals surface area (Å²) in [5.41, 5.74) is 45.4. The Labute approximate surface area is 457 Å². The van der Waals surface area contributed by atoms with E-state index in [0.717, 1.165) is 130 Å². The van der Waals surface area contributed by atoms with Crippen molar-refractivity contribution >= 4 is 34.9 Å². The zero-order valence-electron chi connectivity index (χ0n) is 47.5. The number of quaternary nitrogens is 1. The summed E-state index contributed by atoms with van der Waals surface area (Å²) in [6.07, 6.45) is 29.7. The van der Waals surface area contributed by atoms with E-state index in [2.05, 4.69) is 98.0 Å². The van der Waals surface area contributed by atoms with Crippen LogP contribution in [0.2, 0.25) is 0 Å². The van der Waals surface area contributed by atoms with Crippen LogP contribution in [0, 0.1) is 0 Å². The maximum Gasteiger partial charge on any atom is 0.439 e. The van der Waals surface area contributed by atoms with Gasteiger partial charge in [-0.25, -0.2) is 15.7 Å². The first kappa shape index (κ1) is 60.9. The van der Waals surface area contributed by atoms with E-state index in [0.29, 0.717) is 63.8 Å². The Balaban J connectivity index is 1.80. The molecule has 0 saturated heterocycles. The van der Waals surface area contributed by atoms with E-state index in [4.69, 9.17) is 52.6 Å². The molecule has 4 aromatic rings. The molecule has 0 atom stereocenters. The third-order valence-corrected chi connectivity index (χ3v) is 14.2. The van der Waals surface area contributed by atoms with Crippen LogP contribution in [-0.2, 0) is 25.7 Å². The van der Waals surface area contributed by atoms with Crippen LogP contribution in [0.5, 0.6) is 23.0 Å². The number of hydrogen-bond acceptors (Lipinski definition) is 5. The molecular formula is C63H100N9O4+3. The Hall–Kier alpha value is -5.95. The average Bonchev–Trinajstić information content (AvgIpc) is 3.38. The van der Waals surface area contributed by atoms with Crippen molar-refractivity contribution < 1.29 is 34.7 Å². The highest BCUT2D eigenvalue weighted by molar-refractivity contribution is 5.79. The highest BCUT2D eigenvalue weighted by Crippen LogP contribution is 2.42. The highest BCUT2D eigenvalue weighted by atomic mass is 16.5. The van der Waals surface area contributed by atoms with Crippen molar-refractivity contribution in [3.8, 4) is 23.0 Å². The van der Waals surface area contributed by atoms with Crippen LogP contribution in [0.4, 0.5) is 17.1 Å². The van der Waals surface area contributed by atoms with Crippen LogP contribution >= 0.6 is 0 Å². The molecule has 76 heavy (non-hydrogen) atoms. The lowest BCUT2D eigenvalue weighted by molar-refractivity contribution is -0.426. The van der Waals surface area contributed by atoms with Gasteiger partial charge in [0.1, 0.15) is 28.7 Å². The molecule has 0 amide bonds. The first-order chi connectivity index (χ1) is 37.0. The van der Waals surface area contributed by atoms with Gasteiger partial charge in [0.05, 0.1) is 37.8 Å². The number of hydrogen-bond donors (Lipinski definition) is 8. The zero-order chi connectivity index (χ0) is 54.3. The Morgan fingerprint density at radius 2 is 0.697 bits per heavy atom. The topological polar surface area (TPSA) is 235 Å². The van der Waals surface area contributed by atoms with Crippen LogP contribution in [0.1, 0.15) is 226 Å². The number of unbranched alkanes of at least 4 members (excludes halogenated alkanes) is 20. The van der Waals surface area contributed by atoms with Gasteiger partial charge in [-0.15, -0.1) is 0 Å². The minimum Gasteiger partial charge on any atom is -0.493 e. The second kappa shape index (κ2) is 34.7. The molecule has 0 aromatic heterocycles. The Bertz CT molecular complexity index is 2300. The molecule has 0 radical (unpaired) electrons. The summed E-state index contributed by atoms with van der Waals surface area (Å²) in [6.45, 7) is 11.3. The summed E-state index contributed by atoms with van der Waals surface area (Å²) in [5.74, 6) is 3.78. The first-order valence-electron chi connectivity index (χ1n) is 29.6. The van der Waals surface area contributed by atoms with Crippen molar-refractivity contribution in [3.05, 3.63) is 99.1 Å². The maximum atomic E-state index is 7.09. The number of benzene rings is 4. The van der Waals surface area contributed by atoms with Gasteiger partial charge in [0.25, 0.3) is 0 Å². The molecule has 0 unspecified atom stereocenters. The van der Waals surface area contributed by atoms with Gasteiger partial charge >= 0.3 is 11.9 Å². The molecule has 1 aliphatic rings. The van der Waals surface area contributed by atoms with Crippen molar-refractivity contribution in [2.24, 2.45) is 33.7 Å². The number of guanidine groups is 3. The number of nitrogens with one attached hydrogen (secondary N) is 2. The Kier molecular flexibility index (Phi) is 27.8. The molecule has 0 spiro atoms. The van der Waals surface area contributed by atoms with Crippen molar-refractivity contribution in [2.75, 3.05) is 26.4 Å². The molecule has 0 fully saturated rings. The van der Waals surface area contributed by atoms with Crippen LogP contribution in [0.25, 0.3) is 0 Å². The Morgan fingerprint density at radius 3 is 1.01 bits per heavy atom. The molecule has 0 saturated carbocycles. The van der Waals surface area contributed by atoms with E-state index in [1.165, 1.54) is 103 Å². The fourth-order valence-corrected chi connectivity index (χ4v) is 10.4. The molecule has 5 rings (SSSR count). The van der Waals surface area contributed by atoms with Gasteiger partial charge in [0, 0.05) is 59.1 Å². The van der Waals surface area contributed by atoms with E-state index in [-0.39, 0.29) is 11.9 Å². The molecule has 4 aromatic carbocycles. The summed E-state index contributed by atoms with van der Waals surface area (Å²) in [7, 11) is 0. The van der Waals surface area contributed by atoms with Gasteiger partial charge in [-0.2, -0.15) is 4.99 Å². The van der Waals surface area contributed by atoms with E-state index in [1.807, 2.05) is 0 Å². The van der Waals surface area contributed by atoms with Crippen LogP contribution in [0.3, 0.4) is 0 Å². The molecule has 8 bridgehead atoms. The fourth-order valence-electron chi connectivity index (χ4n) is 10.4. The zero-order valence-corrected chi connectivity index (χ0v) is 47.5. The van der Waals surface area contributed by atoms with Crippen LogP contribution in [0.15, 0.2) is 59.6 Å². The number of nitrogens with zero attached hydrogens (tertiary/aromatic N) is 1. The normalized spacial score (nSPS) is 12.3. The third-order valence-electron chi connectivity index (χ3n) is 14.2.